The zero-order chi connectivity index (χ0) is 17.7. The third kappa shape index (κ3) is 5.07. The normalized spacial score (nSPS) is 11.5. The van der Waals surface area contributed by atoms with Crippen molar-refractivity contribution in [3.05, 3.63) is 70.8 Å². The molecule has 2 aromatic rings. The zero-order valence-corrected chi connectivity index (χ0v) is 14.6. The molecule has 2 rings (SSSR count). The van der Waals surface area contributed by atoms with E-state index in [2.05, 4.69) is 0 Å². The van der Waals surface area contributed by atoms with Crippen molar-refractivity contribution in [2.24, 2.45) is 5.41 Å². The number of rotatable bonds is 4. The lowest BCUT2D eigenvalue weighted by Crippen LogP contribution is -2.25. The molecule has 0 aliphatic heterocycles. The highest BCUT2D eigenvalue weighted by atomic mass is 35.5. The Labute approximate surface area is 146 Å². The van der Waals surface area contributed by atoms with Crippen LogP contribution in [0.3, 0.4) is 0 Å². The summed E-state index contributed by atoms with van der Waals surface area (Å²) in [5, 5.41) is 0.620. The summed E-state index contributed by atoms with van der Waals surface area (Å²) in [5.41, 5.74) is 0.796. The molecule has 24 heavy (non-hydrogen) atoms. The monoisotopic (exact) mass is 342 g/mol. The molecule has 0 radical (unpaired) electrons. The van der Waals surface area contributed by atoms with E-state index in [4.69, 9.17) is 16.3 Å². The molecule has 0 aliphatic rings. The fraction of sp³-hybridized carbons (Fsp3) is 0.200. The van der Waals surface area contributed by atoms with Gasteiger partial charge in [-0.1, -0.05) is 29.8 Å². The standard InChI is InChI=1S/C20H19ClO3/c1-20(2,3)19(23)24-17-10-8-15(9-11-17)18(22)12-7-14-5-4-6-16(21)13-14/h4-13H,1-3H3/b12-7+. The van der Waals surface area contributed by atoms with Crippen LogP contribution in [-0.2, 0) is 4.79 Å². The van der Waals surface area contributed by atoms with E-state index in [0.29, 0.717) is 16.3 Å². The summed E-state index contributed by atoms with van der Waals surface area (Å²) in [6.45, 7) is 5.36. The van der Waals surface area contributed by atoms with E-state index in [1.54, 1.807) is 63.2 Å². The first kappa shape index (κ1) is 18.0. The van der Waals surface area contributed by atoms with Gasteiger partial charge in [-0.25, -0.2) is 0 Å². The molecule has 0 heterocycles. The summed E-state index contributed by atoms with van der Waals surface area (Å²) < 4.78 is 5.27. The van der Waals surface area contributed by atoms with E-state index in [1.165, 1.54) is 6.08 Å². The van der Waals surface area contributed by atoms with Gasteiger partial charge in [-0.3, -0.25) is 9.59 Å². The largest absolute Gasteiger partial charge is 0.426 e. The van der Waals surface area contributed by atoms with Gasteiger partial charge in [0.05, 0.1) is 5.41 Å². The van der Waals surface area contributed by atoms with E-state index in [-0.39, 0.29) is 11.8 Å². The minimum atomic E-state index is -0.575. The Morgan fingerprint density at radius 3 is 2.29 bits per heavy atom. The summed E-state index contributed by atoms with van der Waals surface area (Å²) in [6, 6.07) is 13.7. The first-order valence-corrected chi connectivity index (χ1v) is 7.94. The third-order valence-corrected chi connectivity index (χ3v) is 3.47. The fourth-order valence-electron chi connectivity index (χ4n) is 1.83. The number of hydrogen-bond donors (Lipinski definition) is 0. The number of carbonyl (C=O) groups is 2. The molecule has 0 saturated carbocycles. The lowest BCUT2D eigenvalue weighted by Gasteiger charge is -2.16. The van der Waals surface area contributed by atoms with E-state index >= 15 is 0 Å². The number of ether oxygens (including phenoxy) is 1. The van der Waals surface area contributed by atoms with Crippen LogP contribution in [0, 0.1) is 5.41 Å². The van der Waals surface area contributed by atoms with Gasteiger partial charge in [0.1, 0.15) is 5.75 Å². The molecular weight excluding hydrogens is 324 g/mol. The predicted octanol–water partition coefficient (Wildman–Crippen LogP) is 5.19. The molecule has 0 aromatic heterocycles. The minimum absolute atomic E-state index is 0.135. The van der Waals surface area contributed by atoms with Crippen LogP contribution in [0.1, 0.15) is 36.7 Å². The SMILES string of the molecule is CC(C)(C)C(=O)Oc1ccc(C(=O)/C=C/c2cccc(Cl)c2)cc1. The highest BCUT2D eigenvalue weighted by Gasteiger charge is 2.23. The van der Waals surface area contributed by atoms with Crippen molar-refractivity contribution in [3.8, 4) is 5.75 Å². The smallest absolute Gasteiger partial charge is 0.316 e. The maximum absolute atomic E-state index is 12.2. The van der Waals surface area contributed by atoms with Crippen LogP contribution in [0.5, 0.6) is 5.75 Å². The Kier molecular flexibility index (Phi) is 5.58. The molecule has 0 atom stereocenters. The molecule has 0 unspecified atom stereocenters. The summed E-state index contributed by atoms with van der Waals surface area (Å²) in [5.74, 6) is -0.0311. The van der Waals surface area contributed by atoms with Crippen molar-refractivity contribution in [2.75, 3.05) is 0 Å². The number of benzene rings is 2. The lowest BCUT2D eigenvalue weighted by molar-refractivity contribution is -0.142. The molecule has 3 nitrogen and oxygen atoms in total. The molecule has 0 bridgehead atoms. The molecule has 0 fully saturated rings. The molecule has 0 spiro atoms. The highest BCUT2D eigenvalue weighted by Crippen LogP contribution is 2.20. The quantitative estimate of drug-likeness (QED) is 0.332. The number of carbonyl (C=O) groups excluding carboxylic acids is 2. The summed E-state index contributed by atoms with van der Waals surface area (Å²) in [7, 11) is 0. The van der Waals surface area contributed by atoms with Crippen LogP contribution < -0.4 is 4.74 Å². The maximum atomic E-state index is 12.2. The summed E-state index contributed by atoms with van der Waals surface area (Å²) in [4.78, 5) is 24.0. The van der Waals surface area contributed by atoms with Crippen LogP contribution in [-0.4, -0.2) is 11.8 Å². The second-order valence-corrected chi connectivity index (χ2v) is 6.85. The molecule has 124 valence electrons. The number of hydrogen-bond acceptors (Lipinski definition) is 3. The Balaban J connectivity index is 2.05. The molecule has 0 amide bonds. The van der Waals surface area contributed by atoms with Gasteiger partial charge < -0.3 is 4.74 Å². The third-order valence-electron chi connectivity index (χ3n) is 3.24. The van der Waals surface area contributed by atoms with Gasteiger partial charge in [0, 0.05) is 10.6 Å². The van der Waals surface area contributed by atoms with Crippen LogP contribution in [0.2, 0.25) is 5.02 Å². The number of ketones is 1. The topological polar surface area (TPSA) is 43.4 Å². The van der Waals surface area contributed by atoms with E-state index in [9.17, 15) is 9.59 Å². The van der Waals surface area contributed by atoms with Crippen molar-refractivity contribution in [1.29, 1.82) is 0 Å². The first-order chi connectivity index (χ1) is 11.3. The fourth-order valence-corrected chi connectivity index (χ4v) is 2.02. The Bertz CT molecular complexity index is 768. The molecule has 0 saturated heterocycles. The number of halogens is 1. The number of allylic oxidation sites excluding steroid dienone is 1. The average molecular weight is 343 g/mol. The summed E-state index contributed by atoms with van der Waals surface area (Å²) >= 11 is 5.91. The van der Waals surface area contributed by atoms with Gasteiger partial charge in [0.15, 0.2) is 5.78 Å². The Morgan fingerprint density at radius 2 is 1.71 bits per heavy atom. The van der Waals surface area contributed by atoms with E-state index in [0.717, 1.165) is 5.56 Å². The molecular formula is C20H19ClO3. The van der Waals surface area contributed by atoms with E-state index in [1.807, 2.05) is 12.1 Å². The van der Waals surface area contributed by atoms with Gasteiger partial charge in [-0.15, -0.1) is 0 Å². The molecule has 0 N–H and O–H groups in total. The molecule has 2 aromatic carbocycles. The zero-order valence-electron chi connectivity index (χ0n) is 13.9. The average Bonchev–Trinajstić information content (AvgIpc) is 2.52. The van der Waals surface area contributed by atoms with Crippen molar-refractivity contribution < 1.29 is 14.3 Å². The molecule has 0 aliphatic carbocycles. The van der Waals surface area contributed by atoms with Gasteiger partial charge in [-0.05, 0) is 68.8 Å². The number of esters is 1. The molecule has 4 heteroatoms. The van der Waals surface area contributed by atoms with Crippen LogP contribution in [0.15, 0.2) is 54.6 Å². The van der Waals surface area contributed by atoms with Crippen molar-refractivity contribution in [2.45, 2.75) is 20.8 Å². The van der Waals surface area contributed by atoms with E-state index < -0.39 is 5.41 Å². The summed E-state index contributed by atoms with van der Waals surface area (Å²) in [6.07, 6.45) is 3.20. The van der Waals surface area contributed by atoms with Crippen LogP contribution >= 0.6 is 11.6 Å². The first-order valence-electron chi connectivity index (χ1n) is 7.56. The van der Waals surface area contributed by atoms with Gasteiger partial charge in [0.25, 0.3) is 0 Å². The van der Waals surface area contributed by atoms with Gasteiger partial charge >= 0.3 is 5.97 Å². The van der Waals surface area contributed by atoms with Crippen molar-refractivity contribution >= 4 is 29.4 Å². The van der Waals surface area contributed by atoms with Crippen LogP contribution in [0.4, 0.5) is 0 Å². The maximum Gasteiger partial charge on any atom is 0.316 e. The lowest BCUT2D eigenvalue weighted by atomic mass is 9.97. The Hall–Kier alpha value is -2.39. The second kappa shape index (κ2) is 7.45. The second-order valence-electron chi connectivity index (χ2n) is 6.42. The van der Waals surface area contributed by atoms with Crippen molar-refractivity contribution in [3.63, 3.8) is 0 Å². The van der Waals surface area contributed by atoms with Gasteiger partial charge in [0.2, 0.25) is 0 Å². The van der Waals surface area contributed by atoms with Gasteiger partial charge in [-0.2, -0.15) is 0 Å². The minimum Gasteiger partial charge on any atom is -0.426 e. The Morgan fingerprint density at radius 1 is 1.04 bits per heavy atom. The highest BCUT2D eigenvalue weighted by molar-refractivity contribution is 6.30. The van der Waals surface area contributed by atoms with Crippen LogP contribution in [0.25, 0.3) is 6.08 Å². The van der Waals surface area contributed by atoms with Crippen molar-refractivity contribution in [1.82, 2.24) is 0 Å². The predicted molar refractivity (Wildman–Crippen MR) is 96.3 cm³/mol.